The zero-order valence-corrected chi connectivity index (χ0v) is 63.8. The van der Waals surface area contributed by atoms with E-state index in [-0.39, 0.29) is 32.2 Å². The number of carbonyl (C=O) groups excluding carboxylic acids is 2. The number of ether oxygens (including phenoxy) is 4. The second kappa shape index (κ2) is 77.0. The molecule has 0 rings (SSSR count). The Morgan fingerprint density at radius 3 is 0.885 bits per heavy atom. The van der Waals surface area contributed by atoms with Crippen molar-refractivity contribution in [2.75, 3.05) is 47.5 Å². The minimum absolute atomic E-state index is 0.181. The summed E-state index contributed by atoms with van der Waals surface area (Å²) >= 11 is 0. The normalized spacial score (nSPS) is 13.1. The first-order chi connectivity index (χ1) is 47.1. The summed E-state index contributed by atoms with van der Waals surface area (Å²) in [5.74, 6) is -2.01. The number of quaternary nitrogens is 1. The van der Waals surface area contributed by atoms with Crippen LogP contribution in [0.5, 0.6) is 0 Å². The Hall–Kier alpha value is -3.79. The first-order valence-electron chi connectivity index (χ1n) is 40.9. The molecular formula is C87H156NO8+. The quantitative estimate of drug-likeness (QED) is 0.0211. The van der Waals surface area contributed by atoms with Gasteiger partial charge in [0.25, 0.3) is 6.29 Å². The SMILES string of the molecule is CC/C=C\C/C=C\C/C=C\C/C=C\C/C=C\C/C=C\C/C=C\C/C=C\CCCCCCCCC(=O)OC(COC(=O)CCCCCCCCCCCCCCCCCCCCCCCCCCCCCCCCCCCCCCCCCC)COC(OCC[N+](C)(C)C)C(=O)O. The maximum absolute atomic E-state index is 13.0. The van der Waals surface area contributed by atoms with Gasteiger partial charge in [-0.05, 0) is 77.0 Å². The highest BCUT2D eigenvalue weighted by molar-refractivity contribution is 5.71. The van der Waals surface area contributed by atoms with Crippen LogP contribution in [0.3, 0.4) is 0 Å². The van der Waals surface area contributed by atoms with Gasteiger partial charge in [-0.3, -0.25) is 9.59 Å². The number of nitrogens with zero attached hydrogens (tertiary/aromatic N) is 1. The lowest BCUT2D eigenvalue weighted by molar-refractivity contribution is -0.870. The number of hydrogen-bond donors (Lipinski definition) is 1. The number of allylic oxidation sites excluding steroid dienone is 16. The number of unbranched alkanes of at least 4 members (excludes halogenated alkanes) is 45. The molecule has 0 spiro atoms. The maximum Gasteiger partial charge on any atom is 0.361 e. The monoisotopic (exact) mass is 1340 g/mol. The van der Waals surface area contributed by atoms with E-state index in [1.54, 1.807) is 0 Å². The van der Waals surface area contributed by atoms with Crippen LogP contribution in [0.25, 0.3) is 0 Å². The Morgan fingerprint density at radius 2 is 0.594 bits per heavy atom. The highest BCUT2D eigenvalue weighted by Gasteiger charge is 2.25. The molecule has 2 unspecified atom stereocenters. The Morgan fingerprint density at radius 1 is 0.323 bits per heavy atom. The third-order valence-corrected chi connectivity index (χ3v) is 18.1. The van der Waals surface area contributed by atoms with E-state index in [0.717, 1.165) is 109 Å². The molecule has 2 atom stereocenters. The number of carboxylic acid groups (broad SMARTS) is 1. The lowest BCUT2D eigenvalue weighted by Gasteiger charge is -2.25. The number of rotatable bonds is 76. The fourth-order valence-electron chi connectivity index (χ4n) is 11.9. The highest BCUT2D eigenvalue weighted by Crippen LogP contribution is 2.20. The van der Waals surface area contributed by atoms with E-state index in [0.29, 0.717) is 23.9 Å². The highest BCUT2D eigenvalue weighted by atomic mass is 16.7. The zero-order chi connectivity index (χ0) is 69.7. The van der Waals surface area contributed by atoms with Crippen molar-refractivity contribution in [1.82, 2.24) is 0 Å². The first kappa shape index (κ1) is 92.2. The van der Waals surface area contributed by atoms with Crippen LogP contribution in [0.1, 0.15) is 380 Å². The Bertz CT molecular complexity index is 1900. The zero-order valence-electron chi connectivity index (χ0n) is 63.8. The van der Waals surface area contributed by atoms with Gasteiger partial charge in [-0.1, -0.05) is 387 Å². The lowest BCUT2D eigenvalue weighted by Crippen LogP contribution is -2.40. The first-order valence-corrected chi connectivity index (χ1v) is 40.9. The predicted molar refractivity (Wildman–Crippen MR) is 415 cm³/mol. The van der Waals surface area contributed by atoms with E-state index in [2.05, 4.69) is 111 Å². The van der Waals surface area contributed by atoms with Gasteiger partial charge in [0.05, 0.1) is 34.4 Å². The van der Waals surface area contributed by atoms with Crippen LogP contribution in [0.15, 0.2) is 97.2 Å². The third kappa shape index (κ3) is 77.6. The summed E-state index contributed by atoms with van der Waals surface area (Å²) in [6.45, 7) is 4.79. The molecule has 0 aliphatic rings. The lowest BCUT2D eigenvalue weighted by atomic mass is 10.0. The van der Waals surface area contributed by atoms with Crippen molar-refractivity contribution < 1.29 is 42.9 Å². The van der Waals surface area contributed by atoms with Gasteiger partial charge in [0.15, 0.2) is 6.10 Å². The van der Waals surface area contributed by atoms with Crippen molar-refractivity contribution in [2.24, 2.45) is 0 Å². The molecule has 0 aromatic rings. The molecular weight excluding hydrogens is 1190 g/mol. The van der Waals surface area contributed by atoms with Crippen LogP contribution in [-0.4, -0.2) is 87.4 Å². The predicted octanol–water partition coefficient (Wildman–Crippen LogP) is 26.3. The molecule has 9 heteroatoms. The number of likely N-dealkylation sites (N-methyl/N-ethyl adjacent to an activating group) is 1. The molecule has 9 nitrogen and oxygen atoms in total. The molecule has 0 bridgehead atoms. The summed E-state index contributed by atoms with van der Waals surface area (Å²) in [6, 6.07) is 0. The van der Waals surface area contributed by atoms with Gasteiger partial charge in [-0.2, -0.15) is 0 Å². The van der Waals surface area contributed by atoms with Gasteiger partial charge in [0.1, 0.15) is 13.2 Å². The smallest absolute Gasteiger partial charge is 0.361 e. The number of hydrogen-bond acceptors (Lipinski definition) is 7. The molecule has 0 aromatic carbocycles. The van der Waals surface area contributed by atoms with Crippen molar-refractivity contribution >= 4 is 17.9 Å². The van der Waals surface area contributed by atoms with Crippen LogP contribution < -0.4 is 0 Å². The van der Waals surface area contributed by atoms with E-state index < -0.39 is 24.3 Å². The minimum Gasteiger partial charge on any atom is -0.477 e. The topological polar surface area (TPSA) is 108 Å². The molecule has 0 aliphatic carbocycles. The van der Waals surface area contributed by atoms with Crippen LogP contribution in [-0.2, 0) is 33.3 Å². The Labute approximate surface area is 594 Å². The van der Waals surface area contributed by atoms with E-state index in [4.69, 9.17) is 18.9 Å². The summed E-state index contributed by atoms with van der Waals surface area (Å²) in [6.07, 6.45) is 104. The second-order valence-electron chi connectivity index (χ2n) is 28.7. The summed E-state index contributed by atoms with van der Waals surface area (Å²) in [5.41, 5.74) is 0. The van der Waals surface area contributed by atoms with E-state index in [1.165, 1.54) is 238 Å². The number of esters is 2. The largest absolute Gasteiger partial charge is 0.477 e. The fourth-order valence-corrected chi connectivity index (χ4v) is 11.9. The van der Waals surface area contributed by atoms with Crippen molar-refractivity contribution in [3.63, 3.8) is 0 Å². The Balaban J connectivity index is 4.01. The van der Waals surface area contributed by atoms with Gasteiger partial charge in [0.2, 0.25) is 0 Å². The van der Waals surface area contributed by atoms with Crippen molar-refractivity contribution in [3.8, 4) is 0 Å². The van der Waals surface area contributed by atoms with E-state index in [1.807, 2.05) is 21.1 Å². The second-order valence-corrected chi connectivity index (χ2v) is 28.7. The molecule has 0 aromatic heterocycles. The van der Waals surface area contributed by atoms with Crippen LogP contribution in [0.2, 0.25) is 0 Å². The summed E-state index contributed by atoms with van der Waals surface area (Å²) in [5, 5.41) is 9.77. The number of carboxylic acids is 1. The van der Waals surface area contributed by atoms with Crippen LogP contribution in [0.4, 0.5) is 0 Å². The molecule has 0 heterocycles. The van der Waals surface area contributed by atoms with Crippen molar-refractivity contribution in [3.05, 3.63) is 97.2 Å². The van der Waals surface area contributed by atoms with Gasteiger partial charge >= 0.3 is 17.9 Å². The average Bonchev–Trinajstić information content (AvgIpc) is 2.59. The molecule has 0 saturated heterocycles. The molecule has 0 saturated carbocycles. The maximum atomic E-state index is 13.0. The molecule has 0 fully saturated rings. The molecule has 1 N–H and O–H groups in total. The molecule has 96 heavy (non-hydrogen) atoms. The molecule has 0 radical (unpaired) electrons. The van der Waals surface area contributed by atoms with Crippen molar-refractivity contribution in [2.45, 2.75) is 392 Å². The number of aliphatic carboxylic acids is 1. The van der Waals surface area contributed by atoms with Crippen molar-refractivity contribution in [1.29, 1.82) is 0 Å². The standard InChI is InChI=1S/C87H155NO8/c1-6-8-10-12-14-16-18-20-22-24-26-28-30-32-34-36-38-39-40-41-42-43-44-45-46-48-49-51-53-55-57-59-61-63-65-67-69-71-73-75-77-84(89)94-81-83(82-95-87(86(91)92)93-80-79-88(3,4)5)96-85(90)78-76-74-72-70-68-66-64-62-60-58-56-54-52-50-47-37-35-33-31-29-27-25-23-21-19-17-15-13-11-9-7-2/h9,11,15,17,21,23,27,29,33,35,47,50,54,56,60,62,83,87H,6-8,10,12-14,16,18-20,22,24-26,28,30-32,34,36-46,48-49,51-53,55,57-59,61,63-82H2,1-5H3/p+1/b11-9-,17-15-,23-21-,29-27-,35-33-,50-47-,56-54-,62-60-. The van der Waals surface area contributed by atoms with Gasteiger partial charge in [0, 0.05) is 12.8 Å². The summed E-state index contributed by atoms with van der Waals surface area (Å²) in [4.78, 5) is 37.7. The van der Waals surface area contributed by atoms with Gasteiger partial charge < -0.3 is 28.5 Å². The third-order valence-electron chi connectivity index (χ3n) is 18.1. The van der Waals surface area contributed by atoms with Crippen LogP contribution >= 0.6 is 0 Å². The molecule has 0 amide bonds. The minimum atomic E-state index is -1.52. The van der Waals surface area contributed by atoms with Gasteiger partial charge in [-0.15, -0.1) is 0 Å². The fraction of sp³-hybridized carbons (Fsp3) is 0.782. The summed E-state index contributed by atoms with van der Waals surface area (Å²) in [7, 11) is 5.98. The summed E-state index contributed by atoms with van der Waals surface area (Å²) < 4.78 is 23.0. The van der Waals surface area contributed by atoms with Crippen LogP contribution in [0, 0.1) is 0 Å². The molecule has 0 aliphatic heterocycles. The van der Waals surface area contributed by atoms with Gasteiger partial charge in [-0.25, -0.2) is 4.79 Å². The van der Waals surface area contributed by atoms with E-state index in [9.17, 15) is 19.5 Å². The van der Waals surface area contributed by atoms with E-state index >= 15 is 0 Å². The molecule has 556 valence electrons. The Kier molecular flexibility index (Phi) is 73.9. The average molecular weight is 1340 g/mol. The number of carbonyl (C=O) groups is 3.